The van der Waals surface area contributed by atoms with E-state index >= 15 is 0 Å². The highest BCUT2D eigenvalue weighted by molar-refractivity contribution is 7.80. The van der Waals surface area contributed by atoms with Crippen LogP contribution in [-0.4, -0.2) is 16.2 Å². The number of thiocarbonyl (C=S) groups is 1. The van der Waals surface area contributed by atoms with Crippen molar-refractivity contribution in [2.45, 2.75) is 13.0 Å². The summed E-state index contributed by atoms with van der Waals surface area (Å²) >= 11 is 4.98. The molecule has 0 unspecified atom stereocenters. The summed E-state index contributed by atoms with van der Waals surface area (Å²) < 4.78 is 7.68. The van der Waals surface area contributed by atoms with E-state index in [0.29, 0.717) is 11.6 Å². The molecule has 1 aromatic carbocycles. The molecule has 4 heteroatoms. The summed E-state index contributed by atoms with van der Waals surface area (Å²) in [7, 11) is 0. The number of aromatic nitrogens is 1. The number of hydrogen-bond acceptors (Lipinski definition) is 2. The van der Waals surface area contributed by atoms with Gasteiger partial charge in [0, 0.05) is 12.7 Å². The third kappa shape index (κ3) is 3.34. The summed E-state index contributed by atoms with van der Waals surface area (Å²) in [5.41, 5.74) is 6.54. The minimum atomic E-state index is 0.434. The summed E-state index contributed by atoms with van der Waals surface area (Å²) in [5.74, 6) is 0.902. The van der Waals surface area contributed by atoms with Crippen molar-refractivity contribution >= 4 is 17.2 Å². The smallest absolute Gasteiger partial charge is 0.120 e. The SMILES string of the molecule is NC(=S)c1cccn1CCCOc1ccccc1. The summed E-state index contributed by atoms with van der Waals surface area (Å²) in [5, 5.41) is 0. The fourth-order valence-corrected chi connectivity index (χ4v) is 1.96. The summed E-state index contributed by atoms with van der Waals surface area (Å²) in [6, 6.07) is 13.7. The van der Waals surface area contributed by atoms with Crippen LogP contribution in [0.2, 0.25) is 0 Å². The van der Waals surface area contributed by atoms with Gasteiger partial charge >= 0.3 is 0 Å². The van der Waals surface area contributed by atoms with Gasteiger partial charge in [-0.25, -0.2) is 0 Å². The number of benzene rings is 1. The van der Waals surface area contributed by atoms with E-state index in [2.05, 4.69) is 4.57 Å². The number of ether oxygens (including phenoxy) is 1. The molecule has 0 radical (unpaired) electrons. The maximum atomic E-state index is 5.63. The molecule has 0 aliphatic heterocycles. The van der Waals surface area contributed by atoms with Crippen molar-refractivity contribution in [1.29, 1.82) is 0 Å². The van der Waals surface area contributed by atoms with Crippen LogP contribution in [0.5, 0.6) is 5.75 Å². The van der Waals surface area contributed by atoms with Gasteiger partial charge in [-0.15, -0.1) is 0 Å². The van der Waals surface area contributed by atoms with E-state index in [1.807, 2.05) is 48.7 Å². The van der Waals surface area contributed by atoms with Crippen LogP contribution in [0.3, 0.4) is 0 Å². The van der Waals surface area contributed by atoms with Crippen LogP contribution in [0.25, 0.3) is 0 Å². The van der Waals surface area contributed by atoms with Gasteiger partial charge in [-0.3, -0.25) is 0 Å². The fraction of sp³-hybridized carbons (Fsp3) is 0.214. The van der Waals surface area contributed by atoms with Gasteiger partial charge in [0.25, 0.3) is 0 Å². The largest absolute Gasteiger partial charge is 0.494 e. The first-order valence-electron chi connectivity index (χ1n) is 5.90. The van der Waals surface area contributed by atoms with Gasteiger partial charge in [0.05, 0.1) is 12.3 Å². The van der Waals surface area contributed by atoms with E-state index in [1.54, 1.807) is 0 Å². The van der Waals surface area contributed by atoms with Crippen molar-refractivity contribution in [3.8, 4) is 5.75 Å². The Labute approximate surface area is 112 Å². The lowest BCUT2D eigenvalue weighted by molar-refractivity contribution is 0.302. The lowest BCUT2D eigenvalue weighted by Crippen LogP contribution is -2.16. The van der Waals surface area contributed by atoms with Crippen LogP contribution in [-0.2, 0) is 6.54 Å². The van der Waals surface area contributed by atoms with Crippen molar-refractivity contribution < 1.29 is 4.74 Å². The molecule has 18 heavy (non-hydrogen) atoms. The molecule has 0 saturated carbocycles. The average molecular weight is 260 g/mol. The van der Waals surface area contributed by atoms with Gasteiger partial charge in [0.1, 0.15) is 10.7 Å². The first-order chi connectivity index (χ1) is 8.77. The molecule has 1 aromatic heterocycles. The highest BCUT2D eigenvalue weighted by Crippen LogP contribution is 2.09. The third-order valence-corrected chi connectivity index (χ3v) is 2.85. The molecule has 2 aromatic rings. The predicted molar refractivity (Wildman–Crippen MR) is 76.9 cm³/mol. The van der Waals surface area contributed by atoms with Crippen LogP contribution in [0, 0.1) is 0 Å². The Morgan fingerprint density at radius 1 is 1.17 bits per heavy atom. The Kier molecular flexibility index (Phi) is 4.36. The molecule has 0 saturated heterocycles. The van der Waals surface area contributed by atoms with Crippen molar-refractivity contribution in [3.63, 3.8) is 0 Å². The molecule has 94 valence electrons. The zero-order valence-corrected chi connectivity index (χ0v) is 10.9. The molecule has 0 atom stereocenters. The van der Waals surface area contributed by atoms with Crippen LogP contribution in [0.15, 0.2) is 48.7 Å². The number of aryl methyl sites for hydroxylation is 1. The monoisotopic (exact) mass is 260 g/mol. The molecule has 2 rings (SSSR count). The second kappa shape index (κ2) is 6.21. The van der Waals surface area contributed by atoms with Gasteiger partial charge in [-0.2, -0.15) is 0 Å². The molecule has 0 fully saturated rings. The maximum Gasteiger partial charge on any atom is 0.120 e. The third-order valence-electron chi connectivity index (χ3n) is 2.64. The Morgan fingerprint density at radius 2 is 1.94 bits per heavy atom. The minimum absolute atomic E-state index is 0.434. The lowest BCUT2D eigenvalue weighted by atomic mass is 10.3. The second-order valence-electron chi connectivity index (χ2n) is 3.97. The van der Waals surface area contributed by atoms with Gasteiger partial charge in [-0.05, 0) is 30.7 Å². The van der Waals surface area contributed by atoms with E-state index in [4.69, 9.17) is 22.7 Å². The van der Waals surface area contributed by atoms with Gasteiger partial charge < -0.3 is 15.0 Å². The Morgan fingerprint density at radius 3 is 2.67 bits per heavy atom. The molecule has 3 nitrogen and oxygen atoms in total. The number of nitrogens with zero attached hydrogens (tertiary/aromatic N) is 1. The molecule has 0 aliphatic rings. The minimum Gasteiger partial charge on any atom is -0.494 e. The first kappa shape index (κ1) is 12.6. The zero-order chi connectivity index (χ0) is 12.8. The second-order valence-corrected chi connectivity index (χ2v) is 4.41. The predicted octanol–water partition coefficient (Wildman–Crippen LogP) is 2.59. The standard InChI is InChI=1S/C14H16N2OS/c15-14(18)13-8-4-9-16(13)10-5-11-17-12-6-2-1-3-7-12/h1-4,6-9H,5,10-11H2,(H2,15,18). The van der Waals surface area contributed by atoms with E-state index < -0.39 is 0 Å². The van der Waals surface area contributed by atoms with Crippen molar-refractivity contribution in [3.05, 3.63) is 54.4 Å². The van der Waals surface area contributed by atoms with E-state index in [1.165, 1.54) is 0 Å². The molecule has 1 heterocycles. The molecule has 0 aliphatic carbocycles. The van der Waals surface area contributed by atoms with Gasteiger partial charge in [-0.1, -0.05) is 30.4 Å². The van der Waals surface area contributed by atoms with Gasteiger partial charge in [0.2, 0.25) is 0 Å². The summed E-state index contributed by atoms with van der Waals surface area (Å²) in [6.07, 6.45) is 2.90. The Balaban J connectivity index is 1.79. The quantitative estimate of drug-likeness (QED) is 0.641. The number of rotatable bonds is 6. The Hall–Kier alpha value is -1.81. The summed E-state index contributed by atoms with van der Waals surface area (Å²) in [6.45, 7) is 1.53. The van der Waals surface area contributed by atoms with Gasteiger partial charge in [0.15, 0.2) is 0 Å². The molecule has 0 spiro atoms. The number of nitrogens with two attached hydrogens (primary N) is 1. The Bertz CT molecular complexity index is 508. The van der Waals surface area contributed by atoms with Crippen molar-refractivity contribution in [2.75, 3.05) is 6.61 Å². The average Bonchev–Trinajstić information content (AvgIpc) is 2.84. The number of para-hydroxylation sites is 1. The normalized spacial score (nSPS) is 10.2. The lowest BCUT2D eigenvalue weighted by Gasteiger charge is -2.09. The molecule has 2 N–H and O–H groups in total. The molecular weight excluding hydrogens is 244 g/mol. The van der Waals surface area contributed by atoms with E-state index in [9.17, 15) is 0 Å². The molecule has 0 bridgehead atoms. The number of hydrogen-bond donors (Lipinski definition) is 1. The van der Waals surface area contributed by atoms with E-state index in [-0.39, 0.29) is 0 Å². The topological polar surface area (TPSA) is 40.2 Å². The van der Waals surface area contributed by atoms with Crippen LogP contribution in [0.4, 0.5) is 0 Å². The molecular formula is C14H16N2OS. The maximum absolute atomic E-state index is 5.63. The van der Waals surface area contributed by atoms with Crippen LogP contribution in [0.1, 0.15) is 12.1 Å². The highest BCUT2D eigenvalue weighted by Gasteiger charge is 2.02. The van der Waals surface area contributed by atoms with E-state index in [0.717, 1.165) is 24.4 Å². The molecule has 0 amide bonds. The first-order valence-corrected chi connectivity index (χ1v) is 6.31. The fourth-order valence-electron chi connectivity index (χ4n) is 1.77. The summed E-state index contributed by atoms with van der Waals surface area (Å²) in [4.78, 5) is 0.434. The zero-order valence-electron chi connectivity index (χ0n) is 10.1. The van der Waals surface area contributed by atoms with Crippen LogP contribution >= 0.6 is 12.2 Å². The van der Waals surface area contributed by atoms with Crippen molar-refractivity contribution in [2.24, 2.45) is 5.73 Å². The van der Waals surface area contributed by atoms with Crippen molar-refractivity contribution in [1.82, 2.24) is 4.57 Å². The van der Waals surface area contributed by atoms with Crippen LogP contribution < -0.4 is 10.5 Å². The highest BCUT2D eigenvalue weighted by atomic mass is 32.1.